The average Bonchev–Trinajstić information content (AvgIpc) is 3.22. The van der Waals surface area contributed by atoms with Crippen molar-refractivity contribution in [3.63, 3.8) is 0 Å². The van der Waals surface area contributed by atoms with Crippen LogP contribution in [0.1, 0.15) is 27.9 Å². The zero-order valence-corrected chi connectivity index (χ0v) is 16.6. The molecule has 1 fully saturated rings. The summed E-state index contributed by atoms with van der Waals surface area (Å²) in [5.41, 5.74) is 2.74. The van der Waals surface area contributed by atoms with E-state index in [4.69, 9.17) is 14.2 Å². The standard InChI is InChI=1S/C23H25NO5/c1-27-21(25)14-17-7-5-16(6-8-17)13-18-9-10-24(15-18)23(26)19-3-2-4-20-22(19)29-12-11-28-20/h2-8,18H,9-15H2,1H3. The SMILES string of the molecule is COC(=O)Cc1ccc(CC2CCN(C(=O)c3cccc4c3OCCO4)C2)cc1. The Balaban J connectivity index is 1.37. The minimum absolute atomic E-state index is 0.00303. The molecular weight excluding hydrogens is 370 g/mol. The van der Waals surface area contributed by atoms with Crippen LogP contribution in [0.4, 0.5) is 0 Å². The Kier molecular flexibility index (Phi) is 5.69. The molecule has 0 spiro atoms. The number of carbonyl (C=O) groups excluding carboxylic acids is 2. The fourth-order valence-electron chi connectivity index (χ4n) is 3.96. The highest BCUT2D eigenvalue weighted by Crippen LogP contribution is 2.35. The summed E-state index contributed by atoms with van der Waals surface area (Å²) in [6, 6.07) is 13.5. The first-order chi connectivity index (χ1) is 14.1. The first kappa shape index (κ1) is 19.3. The Morgan fingerprint density at radius 3 is 2.62 bits per heavy atom. The van der Waals surface area contributed by atoms with Gasteiger partial charge < -0.3 is 19.1 Å². The van der Waals surface area contributed by atoms with Gasteiger partial charge >= 0.3 is 5.97 Å². The van der Waals surface area contributed by atoms with Crippen molar-refractivity contribution in [1.82, 2.24) is 4.90 Å². The van der Waals surface area contributed by atoms with Crippen molar-refractivity contribution >= 4 is 11.9 Å². The van der Waals surface area contributed by atoms with Crippen molar-refractivity contribution in [3.05, 3.63) is 59.2 Å². The second kappa shape index (κ2) is 8.55. The Hall–Kier alpha value is -3.02. The van der Waals surface area contributed by atoms with Gasteiger partial charge in [-0.25, -0.2) is 0 Å². The van der Waals surface area contributed by atoms with Crippen LogP contribution in [0.15, 0.2) is 42.5 Å². The average molecular weight is 395 g/mol. The molecule has 2 aliphatic rings. The summed E-state index contributed by atoms with van der Waals surface area (Å²) in [7, 11) is 1.40. The summed E-state index contributed by atoms with van der Waals surface area (Å²) in [5, 5.41) is 0. The number of hydrogen-bond donors (Lipinski definition) is 0. The van der Waals surface area contributed by atoms with Crippen LogP contribution in [0.25, 0.3) is 0 Å². The summed E-state index contributed by atoms with van der Waals surface area (Å²) in [5.74, 6) is 1.39. The summed E-state index contributed by atoms with van der Waals surface area (Å²) >= 11 is 0. The summed E-state index contributed by atoms with van der Waals surface area (Å²) < 4.78 is 16.0. The minimum atomic E-state index is -0.236. The van der Waals surface area contributed by atoms with Crippen molar-refractivity contribution in [2.75, 3.05) is 33.4 Å². The Labute approximate surface area is 170 Å². The van der Waals surface area contributed by atoms with Gasteiger partial charge in [0.25, 0.3) is 5.91 Å². The van der Waals surface area contributed by atoms with E-state index in [0.717, 1.165) is 31.5 Å². The number of nitrogens with zero attached hydrogens (tertiary/aromatic N) is 1. The van der Waals surface area contributed by atoms with Crippen molar-refractivity contribution in [3.8, 4) is 11.5 Å². The number of carbonyl (C=O) groups is 2. The van der Waals surface area contributed by atoms with Crippen molar-refractivity contribution < 1.29 is 23.8 Å². The van der Waals surface area contributed by atoms with Gasteiger partial charge in [-0.15, -0.1) is 0 Å². The van der Waals surface area contributed by atoms with Crippen molar-refractivity contribution in [2.45, 2.75) is 19.3 Å². The monoisotopic (exact) mass is 395 g/mol. The van der Waals surface area contributed by atoms with E-state index in [2.05, 4.69) is 12.1 Å². The lowest BCUT2D eigenvalue weighted by molar-refractivity contribution is -0.139. The molecule has 152 valence electrons. The lowest BCUT2D eigenvalue weighted by Crippen LogP contribution is -2.30. The van der Waals surface area contributed by atoms with Gasteiger partial charge in [0.1, 0.15) is 13.2 Å². The molecule has 0 N–H and O–H groups in total. The number of fused-ring (bicyclic) bond motifs is 1. The maximum absolute atomic E-state index is 13.0. The summed E-state index contributed by atoms with van der Waals surface area (Å²) in [4.78, 5) is 26.3. The largest absolute Gasteiger partial charge is 0.486 e. The third-order valence-electron chi connectivity index (χ3n) is 5.49. The second-order valence-electron chi connectivity index (χ2n) is 7.51. The fraction of sp³-hybridized carbons (Fsp3) is 0.391. The minimum Gasteiger partial charge on any atom is -0.486 e. The molecule has 6 heteroatoms. The van der Waals surface area contributed by atoms with Gasteiger partial charge in [0.2, 0.25) is 0 Å². The summed E-state index contributed by atoms with van der Waals surface area (Å²) in [6.45, 7) is 2.45. The van der Waals surface area contributed by atoms with E-state index in [1.165, 1.54) is 12.7 Å². The molecule has 29 heavy (non-hydrogen) atoms. The van der Waals surface area contributed by atoms with Crippen LogP contribution in [-0.4, -0.2) is 50.2 Å². The predicted octanol–water partition coefficient (Wildman–Crippen LogP) is 2.88. The molecule has 1 saturated heterocycles. The molecule has 2 aromatic carbocycles. The van der Waals surface area contributed by atoms with E-state index in [1.807, 2.05) is 35.2 Å². The Bertz CT molecular complexity index is 893. The number of esters is 1. The number of likely N-dealkylation sites (tertiary alicyclic amines) is 1. The Morgan fingerprint density at radius 2 is 1.83 bits per heavy atom. The van der Waals surface area contributed by atoms with Crippen molar-refractivity contribution in [2.24, 2.45) is 5.92 Å². The number of benzene rings is 2. The molecule has 0 radical (unpaired) electrons. The van der Waals surface area contributed by atoms with Gasteiger partial charge in [-0.05, 0) is 42.0 Å². The highest BCUT2D eigenvalue weighted by molar-refractivity contribution is 5.98. The topological polar surface area (TPSA) is 65.1 Å². The number of methoxy groups -OCH3 is 1. The van der Waals surface area contributed by atoms with Gasteiger partial charge in [0.15, 0.2) is 11.5 Å². The van der Waals surface area contributed by atoms with Crippen LogP contribution in [0.2, 0.25) is 0 Å². The molecule has 1 unspecified atom stereocenters. The zero-order chi connectivity index (χ0) is 20.2. The van der Waals surface area contributed by atoms with Crippen LogP contribution in [-0.2, 0) is 22.4 Å². The zero-order valence-electron chi connectivity index (χ0n) is 16.6. The van der Waals surface area contributed by atoms with E-state index in [1.54, 1.807) is 0 Å². The van der Waals surface area contributed by atoms with Crippen LogP contribution < -0.4 is 9.47 Å². The lowest BCUT2D eigenvalue weighted by atomic mass is 9.97. The van der Waals surface area contributed by atoms with E-state index in [9.17, 15) is 9.59 Å². The van der Waals surface area contributed by atoms with Crippen LogP contribution in [0, 0.1) is 5.92 Å². The molecule has 0 saturated carbocycles. The molecule has 4 rings (SSSR count). The second-order valence-corrected chi connectivity index (χ2v) is 7.51. The molecule has 1 atom stereocenters. The lowest BCUT2D eigenvalue weighted by Gasteiger charge is -2.23. The van der Waals surface area contributed by atoms with E-state index in [0.29, 0.717) is 36.2 Å². The van der Waals surface area contributed by atoms with Crippen LogP contribution in [0.3, 0.4) is 0 Å². The number of rotatable bonds is 5. The molecule has 0 bridgehead atoms. The van der Waals surface area contributed by atoms with E-state index >= 15 is 0 Å². The predicted molar refractivity (Wildman–Crippen MR) is 107 cm³/mol. The maximum atomic E-state index is 13.0. The quantitative estimate of drug-likeness (QED) is 0.729. The highest BCUT2D eigenvalue weighted by atomic mass is 16.6. The number of hydrogen-bond acceptors (Lipinski definition) is 5. The molecular formula is C23H25NO5. The molecule has 2 aromatic rings. The molecule has 2 aliphatic heterocycles. The van der Waals surface area contributed by atoms with Crippen LogP contribution in [0.5, 0.6) is 11.5 Å². The van der Waals surface area contributed by atoms with E-state index in [-0.39, 0.29) is 18.3 Å². The van der Waals surface area contributed by atoms with Gasteiger partial charge in [-0.2, -0.15) is 0 Å². The molecule has 1 amide bonds. The third-order valence-corrected chi connectivity index (χ3v) is 5.49. The van der Waals surface area contributed by atoms with Crippen molar-refractivity contribution in [1.29, 1.82) is 0 Å². The smallest absolute Gasteiger partial charge is 0.309 e. The number of ether oxygens (including phenoxy) is 3. The van der Waals surface area contributed by atoms with Crippen LogP contribution >= 0.6 is 0 Å². The first-order valence-corrected chi connectivity index (χ1v) is 9.96. The molecule has 6 nitrogen and oxygen atoms in total. The normalized spacial score (nSPS) is 17.8. The highest BCUT2D eigenvalue weighted by Gasteiger charge is 2.30. The summed E-state index contributed by atoms with van der Waals surface area (Å²) in [6.07, 6.45) is 2.17. The van der Waals surface area contributed by atoms with Gasteiger partial charge in [0, 0.05) is 13.1 Å². The van der Waals surface area contributed by atoms with Gasteiger partial charge in [0.05, 0.1) is 19.1 Å². The van der Waals surface area contributed by atoms with Gasteiger partial charge in [-0.1, -0.05) is 30.3 Å². The van der Waals surface area contributed by atoms with E-state index < -0.39 is 0 Å². The molecule has 0 aliphatic carbocycles. The maximum Gasteiger partial charge on any atom is 0.309 e. The number of para-hydroxylation sites is 1. The third kappa shape index (κ3) is 4.36. The number of amides is 1. The van der Waals surface area contributed by atoms with Gasteiger partial charge in [-0.3, -0.25) is 9.59 Å². The Morgan fingerprint density at radius 1 is 1.07 bits per heavy atom. The molecule has 0 aromatic heterocycles. The fourth-order valence-corrected chi connectivity index (χ4v) is 3.96. The molecule has 2 heterocycles. The first-order valence-electron chi connectivity index (χ1n) is 9.96.